The van der Waals surface area contributed by atoms with Gasteiger partial charge in [-0.25, -0.2) is 4.79 Å². The Morgan fingerprint density at radius 1 is 1.77 bits per heavy atom. The minimum absolute atomic E-state index is 0.0786. The van der Waals surface area contributed by atoms with Gasteiger partial charge in [0.25, 0.3) is 0 Å². The molecule has 0 aromatic rings. The Morgan fingerprint density at radius 2 is 2.46 bits per heavy atom. The fraction of sp³-hybridized carbons (Fsp3) is 0.750. The lowest BCUT2D eigenvalue weighted by molar-refractivity contribution is -0.140. The van der Waals surface area contributed by atoms with E-state index in [9.17, 15) is 9.59 Å². The predicted octanol–water partition coefficient (Wildman–Crippen LogP) is 0.390. The molecule has 1 aliphatic heterocycles. The molecule has 1 heterocycles. The van der Waals surface area contributed by atoms with Crippen molar-refractivity contribution in [1.29, 1.82) is 0 Å². The second-order valence-corrected chi connectivity index (χ2v) is 2.97. The number of carbonyl (C=O) groups excluding carboxylic acids is 2. The van der Waals surface area contributed by atoms with Gasteiger partial charge in [-0.3, -0.25) is 4.79 Å². The molecule has 13 heavy (non-hydrogen) atoms. The summed E-state index contributed by atoms with van der Waals surface area (Å²) in [4.78, 5) is 23.3. The molecule has 1 atom stereocenters. The van der Waals surface area contributed by atoms with Gasteiger partial charge in [-0.1, -0.05) is 0 Å². The van der Waals surface area contributed by atoms with Gasteiger partial charge in [0.2, 0.25) is 0 Å². The minimum atomic E-state index is -0.351. The van der Waals surface area contributed by atoms with E-state index in [4.69, 9.17) is 4.74 Å². The van der Waals surface area contributed by atoms with Crippen molar-refractivity contribution in [2.45, 2.75) is 19.4 Å². The van der Waals surface area contributed by atoms with Gasteiger partial charge < -0.3 is 14.4 Å². The van der Waals surface area contributed by atoms with Crippen LogP contribution in [0.25, 0.3) is 0 Å². The van der Waals surface area contributed by atoms with Gasteiger partial charge in [-0.2, -0.15) is 0 Å². The molecule has 1 aliphatic rings. The Hall–Kier alpha value is -1.26. The van der Waals surface area contributed by atoms with Crippen LogP contribution in [0.4, 0.5) is 4.79 Å². The maximum atomic E-state index is 11.0. The molecule has 0 N–H and O–H groups in total. The fourth-order valence-electron chi connectivity index (χ4n) is 1.18. The second kappa shape index (κ2) is 4.11. The average Bonchev–Trinajstić information content (AvgIpc) is 2.41. The van der Waals surface area contributed by atoms with Gasteiger partial charge in [0.05, 0.1) is 20.1 Å². The molecule has 0 saturated carbocycles. The number of esters is 1. The third-order valence-electron chi connectivity index (χ3n) is 1.85. The smallest absolute Gasteiger partial charge is 0.410 e. The van der Waals surface area contributed by atoms with E-state index in [1.807, 2.05) is 6.92 Å². The van der Waals surface area contributed by atoms with Crippen LogP contribution in [-0.4, -0.2) is 43.3 Å². The third-order valence-corrected chi connectivity index (χ3v) is 1.85. The quantitative estimate of drug-likeness (QED) is 0.600. The maximum absolute atomic E-state index is 11.0. The molecule has 1 fully saturated rings. The van der Waals surface area contributed by atoms with Crippen molar-refractivity contribution in [1.82, 2.24) is 4.90 Å². The van der Waals surface area contributed by atoms with Crippen molar-refractivity contribution in [2.75, 3.05) is 20.2 Å². The zero-order valence-corrected chi connectivity index (χ0v) is 7.78. The van der Waals surface area contributed by atoms with Crippen molar-refractivity contribution in [2.24, 2.45) is 0 Å². The summed E-state index contributed by atoms with van der Waals surface area (Å²) in [6.07, 6.45) is -0.209. The van der Waals surface area contributed by atoms with E-state index in [0.29, 0.717) is 13.1 Å². The number of cyclic esters (lactones) is 1. The van der Waals surface area contributed by atoms with Crippen molar-refractivity contribution in [3.05, 3.63) is 0 Å². The van der Waals surface area contributed by atoms with E-state index in [-0.39, 0.29) is 24.6 Å². The van der Waals surface area contributed by atoms with Crippen LogP contribution in [0.5, 0.6) is 0 Å². The first-order valence-electron chi connectivity index (χ1n) is 4.16. The van der Waals surface area contributed by atoms with E-state index in [2.05, 4.69) is 4.74 Å². The lowest BCUT2D eigenvalue weighted by Crippen LogP contribution is -2.27. The highest BCUT2D eigenvalue weighted by atomic mass is 16.6. The van der Waals surface area contributed by atoms with Crippen molar-refractivity contribution in [3.8, 4) is 0 Å². The lowest BCUT2D eigenvalue weighted by atomic mass is 10.3. The highest BCUT2D eigenvalue weighted by molar-refractivity contribution is 5.72. The lowest BCUT2D eigenvalue weighted by Gasteiger charge is -2.10. The molecular formula is C8H13NO4. The summed E-state index contributed by atoms with van der Waals surface area (Å²) < 4.78 is 9.33. The summed E-state index contributed by atoms with van der Waals surface area (Å²) in [5.74, 6) is -0.313. The first-order chi connectivity index (χ1) is 6.13. The summed E-state index contributed by atoms with van der Waals surface area (Å²) in [5, 5.41) is 0. The average molecular weight is 187 g/mol. The summed E-state index contributed by atoms with van der Waals surface area (Å²) >= 11 is 0. The number of carbonyl (C=O) groups is 2. The standard InChI is InChI=1S/C8H13NO4/c1-6-5-9(8(11)13-6)4-3-7(10)12-2/h6H,3-5H2,1-2H3. The van der Waals surface area contributed by atoms with Crippen LogP contribution in [0, 0.1) is 0 Å². The first kappa shape index (κ1) is 9.83. The van der Waals surface area contributed by atoms with E-state index in [0.717, 1.165) is 0 Å². The van der Waals surface area contributed by atoms with E-state index in [1.54, 1.807) is 0 Å². The molecular weight excluding hydrogens is 174 g/mol. The molecule has 1 unspecified atom stereocenters. The Balaban J connectivity index is 2.29. The molecule has 5 heteroatoms. The zero-order chi connectivity index (χ0) is 9.84. The molecule has 0 radical (unpaired) electrons. The van der Waals surface area contributed by atoms with Crippen LogP contribution in [0.3, 0.4) is 0 Å². The van der Waals surface area contributed by atoms with Crippen LogP contribution >= 0.6 is 0 Å². The van der Waals surface area contributed by atoms with E-state index < -0.39 is 0 Å². The Labute approximate surface area is 76.6 Å². The maximum Gasteiger partial charge on any atom is 0.410 e. The van der Waals surface area contributed by atoms with Gasteiger partial charge in [0.1, 0.15) is 6.10 Å². The number of hydrogen-bond acceptors (Lipinski definition) is 4. The van der Waals surface area contributed by atoms with Crippen molar-refractivity contribution in [3.63, 3.8) is 0 Å². The van der Waals surface area contributed by atoms with Crippen LogP contribution in [0.2, 0.25) is 0 Å². The number of methoxy groups -OCH3 is 1. The Kier molecular flexibility index (Phi) is 3.11. The SMILES string of the molecule is COC(=O)CCN1CC(C)OC1=O. The number of ether oxygens (including phenoxy) is 2. The predicted molar refractivity (Wildman–Crippen MR) is 44.1 cm³/mol. The number of amides is 1. The molecule has 1 rings (SSSR count). The van der Waals surface area contributed by atoms with Crippen LogP contribution in [-0.2, 0) is 14.3 Å². The highest BCUT2D eigenvalue weighted by Crippen LogP contribution is 2.10. The summed E-state index contributed by atoms with van der Waals surface area (Å²) in [5.41, 5.74) is 0. The molecule has 0 bridgehead atoms. The molecule has 0 spiro atoms. The molecule has 0 aliphatic carbocycles. The van der Waals surface area contributed by atoms with Gasteiger partial charge in [-0.15, -0.1) is 0 Å². The van der Waals surface area contributed by atoms with Gasteiger partial charge in [0, 0.05) is 6.54 Å². The number of nitrogens with zero attached hydrogens (tertiary/aromatic N) is 1. The number of rotatable bonds is 3. The molecule has 1 saturated heterocycles. The largest absolute Gasteiger partial charge is 0.469 e. The second-order valence-electron chi connectivity index (χ2n) is 2.97. The van der Waals surface area contributed by atoms with Crippen LogP contribution in [0.15, 0.2) is 0 Å². The monoisotopic (exact) mass is 187 g/mol. The zero-order valence-electron chi connectivity index (χ0n) is 7.78. The van der Waals surface area contributed by atoms with E-state index >= 15 is 0 Å². The summed E-state index contributed by atoms with van der Waals surface area (Å²) in [6, 6.07) is 0. The van der Waals surface area contributed by atoms with Crippen molar-refractivity contribution < 1.29 is 19.1 Å². The normalized spacial score (nSPS) is 21.5. The van der Waals surface area contributed by atoms with E-state index in [1.165, 1.54) is 12.0 Å². The molecule has 74 valence electrons. The molecule has 0 aromatic carbocycles. The highest BCUT2D eigenvalue weighted by Gasteiger charge is 2.27. The molecule has 5 nitrogen and oxygen atoms in total. The van der Waals surface area contributed by atoms with Crippen LogP contribution in [0.1, 0.15) is 13.3 Å². The molecule has 0 aromatic heterocycles. The van der Waals surface area contributed by atoms with Gasteiger partial charge in [0.15, 0.2) is 0 Å². The third kappa shape index (κ3) is 2.61. The molecule has 1 amide bonds. The topological polar surface area (TPSA) is 55.8 Å². The minimum Gasteiger partial charge on any atom is -0.469 e. The number of hydrogen-bond donors (Lipinski definition) is 0. The van der Waals surface area contributed by atoms with Crippen molar-refractivity contribution >= 4 is 12.1 Å². The fourth-order valence-corrected chi connectivity index (χ4v) is 1.18. The van der Waals surface area contributed by atoms with Gasteiger partial charge >= 0.3 is 12.1 Å². The summed E-state index contributed by atoms with van der Waals surface area (Å²) in [6.45, 7) is 2.74. The Morgan fingerprint density at radius 3 is 2.92 bits per heavy atom. The summed E-state index contributed by atoms with van der Waals surface area (Å²) in [7, 11) is 1.33. The van der Waals surface area contributed by atoms with Crippen LogP contribution < -0.4 is 0 Å². The van der Waals surface area contributed by atoms with Gasteiger partial charge in [-0.05, 0) is 6.92 Å². The first-order valence-corrected chi connectivity index (χ1v) is 4.16. The Bertz CT molecular complexity index is 216.